The molecule has 1 aliphatic rings. The monoisotopic (exact) mass is 317 g/mol. The lowest BCUT2D eigenvalue weighted by molar-refractivity contribution is 0.252. The van der Waals surface area contributed by atoms with Gasteiger partial charge in [0.15, 0.2) is 3.92 Å². The molecule has 1 heterocycles. The Morgan fingerprint density at radius 1 is 1.35 bits per heavy atom. The van der Waals surface area contributed by atoms with E-state index in [0.29, 0.717) is 5.41 Å². The van der Waals surface area contributed by atoms with Gasteiger partial charge in [0, 0.05) is 6.54 Å². The second-order valence-corrected chi connectivity index (χ2v) is 7.77. The highest BCUT2D eigenvalue weighted by Gasteiger charge is 2.34. The molecule has 0 amide bonds. The van der Waals surface area contributed by atoms with Gasteiger partial charge in [0.05, 0.1) is 0 Å². The second kappa shape index (κ2) is 5.65. The van der Waals surface area contributed by atoms with Gasteiger partial charge in [-0.25, -0.2) is 0 Å². The first-order valence-electron chi connectivity index (χ1n) is 6.33. The van der Waals surface area contributed by atoms with Crippen molar-refractivity contribution in [2.75, 3.05) is 11.9 Å². The molecule has 0 radical (unpaired) electrons. The van der Waals surface area contributed by atoms with Gasteiger partial charge in [0.25, 0.3) is 0 Å². The standard InChI is InChI=1S/C12H20BrN3S/c1-9(2)7-12(5-3-4-6-12)8-14-11-16-15-10(13)17-11/h9H,3-8H2,1-2H3,(H,14,16). The molecule has 1 fully saturated rings. The number of nitrogens with one attached hydrogen (secondary N) is 1. The van der Waals surface area contributed by atoms with E-state index in [1.165, 1.54) is 32.1 Å². The predicted molar refractivity (Wildman–Crippen MR) is 76.5 cm³/mol. The molecule has 1 aromatic rings. The number of hydrogen-bond donors (Lipinski definition) is 1. The summed E-state index contributed by atoms with van der Waals surface area (Å²) in [7, 11) is 0. The SMILES string of the molecule is CC(C)CC1(CNc2nnc(Br)s2)CCCC1. The number of halogens is 1. The molecule has 0 atom stereocenters. The van der Waals surface area contributed by atoms with E-state index >= 15 is 0 Å². The summed E-state index contributed by atoms with van der Waals surface area (Å²) in [6.07, 6.45) is 6.80. The molecule has 5 heteroatoms. The molecule has 1 aromatic heterocycles. The fourth-order valence-corrected chi connectivity index (χ4v) is 3.99. The maximum atomic E-state index is 4.10. The van der Waals surface area contributed by atoms with Crippen molar-refractivity contribution >= 4 is 32.4 Å². The molecule has 0 unspecified atom stereocenters. The average molecular weight is 318 g/mol. The van der Waals surface area contributed by atoms with Gasteiger partial charge in [-0.3, -0.25) is 0 Å². The summed E-state index contributed by atoms with van der Waals surface area (Å²) in [5, 5.41) is 12.5. The summed E-state index contributed by atoms with van der Waals surface area (Å²) >= 11 is 4.92. The van der Waals surface area contributed by atoms with Gasteiger partial charge in [-0.05, 0) is 46.5 Å². The molecule has 2 rings (SSSR count). The van der Waals surface area contributed by atoms with Crippen LogP contribution in [0.2, 0.25) is 0 Å². The topological polar surface area (TPSA) is 37.8 Å². The van der Waals surface area contributed by atoms with Crippen LogP contribution in [-0.4, -0.2) is 16.7 Å². The quantitative estimate of drug-likeness (QED) is 0.878. The molecule has 1 aliphatic carbocycles. The Bertz CT molecular complexity index is 358. The van der Waals surface area contributed by atoms with Crippen molar-refractivity contribution < 1.29 is 0 Å². The first-order chi connectivity index (χ1) is 8.10. The van der Waals surface area contributed by atoms with E-state index in [9.17, 15) is 0 Å². The normalized spacial score (nSPS) is 18.8. The van der Waals surface area contributed by atoms with E-state index in [4.69, 9.17) is 0 Å². The first kappa shape index (κ1) is 13.3. The zero-order chi connectivity index (χ0) is 12.3. The van der Waals surface area contributed by atoms with E-state index < -0.39 is 0 Å². The lowest BCUT2D eigenvalue weighted by Gasteiger charge is -2.31. The molecular formula is C12H20BrN3S. The third-order valence-electron chi connectivity index (χ3n) is 3.52. The van der Waals surface area contributed by atoms with Crippen molar-refractivity contribution in [3.8, 4) is 0 Å². The molecule has 0 spiro atoms. The fraction of sp³-hybridized carbons (Fsp3) is 0.833. The van der Waals surface area contributed by atoms with Gasteiger partial charge in [-0.1, -0.05) is 38.0 Å². The van der Waals surface area contributed by atoms with Gasteiger partial charge in [-0.2, -0.15) is 0 Å². The van der Waals surface area contributed by atoms with Gasteiger partial charge < -0.3 is 5.32 Å². The third kappa shape index (κ3) is 3.65. The van der Waals surface area contributed by atoms with Gasteiger partial charge in [0.2, 0.25) is 5.13 Å². The number of aromatic nitrogens is 2. The fourth-order valence-electron chi connectivity index (χ4n) is 2.98. The highest BCUT2D eigenvalue weighted by Crippen LogP contribution is 2.43. The van der Waals surface area contributed by atoms with Crippen molar-refractivity contribution in [3.63, 3.8) is 0 Å². The largest absolute Gasteiger partial charge is 0.360 e. The highest BCUT2D eigenvalue weighted by atomic mass is 79.9. The molecular weight excluding hydrogens is 298 g/mol. The van der Waals surface area contributed by atoms with Crippen LogP contribution in [0.4, 0.5) is 5.13 Å². The lowest BCUT2D eigenvalue weighted by Crippen LogP contribution is -2.28. The van der Waals surface area contributed by atoms with Crippen LogP contribution in [-0.2, 0) is 0 Å². The summed E-state index contributed by atoms with van der Waals surface area (Å²) in [4.78, 5) is 0. The van der Waals surface area contributed by atoms with E-state index in [-0.39, 0.29) is 0 Å². The summed E-state index contributed by atoms with van der Waals surface area (Å²) in [6.45, 7) is 5.69. The Morgan fingerprint density at radius 3 is 2.59 bits per heavy atom. The van der Waals surface area contributed by atoms with Gasteiger partial charge in [0.1, 0.15) is 0 Å². The van der Waals surface area contributed by atoms with E-state index in [1.54, 1.807) is 11.3 Å². The summed E-state index contributed by atoms with van der Waals surface area (Å²) in [5.74, 6) is 0.774. The number of nitrogens with zero attached hydrogens (tertiary/aromatic N) is 2. The van der Waals surface area contributed by atoms with Crippen LogP contribution in [0.1, 0.15) is 46.0 Å². The molecule has 3 nitrogen and oxygen atoms in total. The summed E-state index contributed by atoms with van der Waals surface area (Å²) in [6, 6.07) is 0. The minimum absolute atomic E-state index is 0.492. The Labute approximate surface area is 116 Å². The number of rotatable bonds is 5. The minimum Gasteiger partial charge on any atom is -0.360 e. The van der Waals surface area contributed by atoms with Crippen molar-refractivity contribution in [2.45, 2.75) is 46.0 Å². The number of anilines is 1. The Kier molecular flexibility index (Phi) is 4.42. The molecule has 0 saturated heterocycles. The van der Waals surface area contributed by atoms with Gasteiger partial charge in [-0.15, -0.1) is 10.2 Å². The van der Waals surface area contributed by atoms with Crippen molar-refractivity contribution in [1.82, 2.24) is 10.2 Å². The van der Waals surface area contributed by atoms with Crippen LogP contribution in [0, 0.1) is 11.3 Å². The molecule has 0 aliphatic heterocycles. The molecule has 0 aromatic carbocycles. The highest BCUT2D eigenvalue weighted by molar-refractivity contribution is 9.11. The molecule has 1 saturated carbocycles. The van der Waals surface area contributed by atoms with Crippen LogP contribution >= 0.6 is 27.3 Å². The minimum atomic E-state index is 0.492. The smallest absolute Gasteiger partial charge is 0.206 e. The van der Waals surface area contributed by atoms with E-state index in [2.05, 4.69) is 45.3 Å². The summed E-state index contributed by atoms with van der Waals surface area (Å²) in [5.41, 5.74) is 0.492. The van der Waals surface area contributed by atoms with Crippen molar-refractivity contribution in [3.05, 3.63) is 3.92 Å². The Morgan fingerprint density at radius 2 is 2.06 bits per heavy atom. The molecule has 96 valence electrons. The lowest BCUT2D eigenvalue weighted by atomic mass is 9.78. The molecule has 1 N–H and O–H groups in total. The van der Waals surface area contributed by atoms with Crippen LogP contribution in [0.5, 0.6) is 0 Å². The average Bonchev–Trinajstić information content (AvgIpc) is 2.85. The van der Waals surface area contributed by atoms with Crippen LogP contribution in [0.15, 0.2) is 3.92 Å². The maximum Gasteiger partial charge on any atom is 0.206 e. The zero-order valence-corrected chi connectivity index (χ0v) is 12.9. The third-order valence-corrected chi connectivity index (χ3v) is 4.83. The first-order valence-corrected chi connectivity index (χ1v) is 7.93. The van der Waals surface area contributed by atoms with Gasteiger partial charge >= 0.3 is 0 Å². The predicted octanol–water partition coefficient (Wildman–Crippen LogP) is 4.32. The second-order valence-electron chi connectivity index (χ2n) is 5.52. The zero-order valence-electron chi connectivity index (χ0n) is 10.5. The van der Waals surface area contributed by atoms with E-state index in [1.807, 2.05) is 0 Å². The van der Waals surface area contributed by atoms with Crippen LogP contribution < -0.4 is 5.32 Å². The van der Waals surface area contributed by atoms with Crippen LogP contribution in [0.3, 0.4) is 0 Å². The summed E-state index contributed by atoms with van der Waals surface area (Å²) < 4.78 is 0.851. The molecule has 17 heavy (non-hydrogen) atoms. The van der Waals surface area contributed by atoms with Crippen molar-refractivity contribution in [2.24, 2.45) is 11.3 Å². The van der Waals surface area contributed by atoms with Crippen molar-refractivity contribution in [1.29, 1.82) is 0 Å². The Hall–Kier alpha value is -0.160. The Balaban J connectivity index is 1.94. The van der Waals surface area contributed by atoms with Crippen LogP contribution in [0.25, 0.3) is 0 Å². The maximum absolute atomic E-state index is 4.10. The number of hydrogen-bond acceptors (Lipinski definition) is 4. The molecule has 0 bridgehead atoms. The van der Waals surface area contributed by atoms with E-state index in [0.717, 1.165) is 21.5 Å².